The summed E-state index contributed by atoms with van der Waals surface area (Å²) < 4.78 is 5.39. The predicted octanol–water partition coefficient (Wildman–Crippen LogP) is 4.92. The van der Waals surface area contributed by atoms with Gasteiger partial charge in [-0.1, -0.05) is 6.92 Å². The highest BCUT2D eigenvalue weighted by atomic mass is 32.1. The van der Waals surface area contributed by atoms with Crippen molar-refractivity contribution in [2.45, 2.75) is 27.2 Å². The summed E-state index contributed by atoms with van der Waals surface area (Å²) in [6, 6.07) is 14.0. The lowest BCUT2D eigenvalue weighted by Gasteiger charge is -2.08. The highest BCUT2D eigenvalue weighted by Crippen LogP contribution is 2.21. The Hall–Kier alpha value is -3.19. The zero-order valence-corrected chi connectivity index (χ0v) is 17.4. The van der Waals surface area contributed by atoms with Crippen LogP contribution in [0.1, 0.15) is 44.6 Å². The summed E-state index contributed by atoms with van der Waals surface area (Å²) in [5, 5.41) is 6.64. The number of hydrogen-bond acceptors (Lipinski definition) is 5. The summed E-state index contributed by atoms with van der Waals surface area (Å²) in [6.07, 6.45) is 0.803. The summed E-state index contributed by atoms with van der Waals surface area (Å²) in [4.78, 5) is 29.9. The third kappa shape index (κ3) is 5.20. The van der Waals surface area contributed by atoms with Crippen molar-refractivity contribution < 1.29 is 14.3 Å². The van der Waals surface area contributed by atoms with Gasteiger partial charge in [0.15, 0.2) is 0 Å². The molecule has 0 unspecified atom stereocenters. The molecule has 3 rings (SSSR count). The van der Waals surface area contributed by atoms with Gasteiger partial charge in [-0.25, -0.2) is 4.98 Å². The topological polar surface area (TPSA) is 80.3 Å². The molecule has 1 aromatic heterocycles. The van der Waals surface area contributed by atoms with Crippen LogP contribution >= 0.6 is 11.3 Å². The number of anilines is 2. The molecule has 0 bridgehead atoms. The molecule has 2 N–H and O–H groups in total. The monoisotopic (exact) mass is 409 g/mol. The molecule has 0 saturated carbocycles. The van der Waals surface area contributed by atoms with Crippen molar-refractivity contribution >= 4 is 34.5 Å². The lowest BCUT2D eigenvalue weighted by Crippen LogP contribution is -2.13. The Bertz CT molecular complexity index is 995. The Morgan fingerprint density at radius 3 is 2.07 bits per heavy atom. The number of carbonyl (C=O) groups is 2. The van der Waals surface area contributed by atoms with Gasteiger partial charge in [-0.2, -0.15) is 0 Å². The summed E-state index contributed by atoms with van der Waals surface area (Å²) in [6.45, 7) is 6.36. The third-order valence-electron chi connectivity index (χ3n) is 4.18. The SMILES string of the molecule is CCOc1ccc(NC(=O)c2ccc(NC(=O)c3sc(CC)nc3C)cc2)cc1. The molecule has 7 heteroatoms. The average molecular weight is 410 g/mol. The number of carbonyl (C=O) groups excluding carboxylic acids is 2. The number of nitrogens with one attached hydrogen (secondary N) is 2. The highest BCUT2D eigenvalue weighted by Gasteiger charge is 2.15. The first-order valence-corrected chi connectivity index (χ1v) is 10.2. The summed E-state index contributed by atoms with van der Waals surface area (Å²) >= 11 is 1.40. The fourth-order valence-electron chi connectivity index (χ4n) is 2.71. The van der Waals surface area contributed by atoms with Crippen LogP contribution in [-0.2, 0) is 6.42 Å². The van der Waals surface area contributed by atoms with Gasteiger partial charge >= 0.3 is 0 Å². The number of aromatic nitrogens is 1. The van der Waals surface area contributed by atoms with Gasteiger partial charge in [0.2, 0.25) is 0 Å². The summed E-state index contributed by atoms with van der Waals surface area (Å²) in [7, 11) is 0. The smallest absolute Gasteiger partial charge is 0.267 e. The molecule has 0 fully saturated rings. The number of benzene rings is 2. The van der Waals surface area contributed by atoms with Crippen LogP contribution in [0, 0.1) is 6.92 Å². The van der Waals surface area contributed by atoms with E-state index < -0.39 is 0 Å². The Morgan fingerprint density at radius 2 is 1.52 bits per heavy atom. The summed E-state index contributed by atoms with van der Waals surface area (Å²) in [5.74, 6) is 0.344. The van der Waals surface area contributed by atoms with Crippen molar-refractivity contribution in [2.24, 2.45) is 0 Å². The van der Waals surface area contributed by atoms with E-state index in [9.17, 15) is 9.59 Å². The average Bonchev–Trinajstić information content (AvgIpc) is 3.11. The van der Waals surface area contributed by atoms with Crippen LogP contribution in [0.15, 0.2) is 48.5 Å². The lowest BCUT2D eigenvalue weighted by atomic mass is 10.2. The standard InChI is InChI=1S/C22H23N3O3S/c1-4-19-23-14(3)20(29-19)22(27)25-16-8-6-15(7-9-16)21(26)24-17-10-12-18(13-11-17)28-5-2/h6-13H,4-5H2,1-3H3,(H,24,26)(H,25,27). The number of aryl methyl sites for hydroxylation is 2. The second-order valence-corrected chi connectivity index (χ2v) is 7.40. The van der Waals surface area contributed by atoms with Crippen LogP contribution in [0.3, 0.4) is 0 Å². The van der Waals surface area contributed by atoms with E-state index in [1.54, 1.807) is 36.4 Å². The number of thiazole rings is 1. The quantitative estimate of drug-likeness (QED) is 0.581. The van der Waals surface area contributed by atoms with Gasteiger partial charge in [0.25, 0.3) is 11.8 Å². The maximum atomic E-state index is 12.5. The first kappa shape index (κ1) is 20.5. The lowest BCUT2D eigenvalue weighted by molar-refractivity contribution is 0.102. The van der Waals surface area contributed by atoms with Gasteiger partial charge in [0, 0.05) is 16.9 Å². The van der Waals surface area contributed by atoms with E-state index in [0.29, 0.717) is 28.4 Å². The minimum absolute atomic E-state index is 0.189. The van der Waals surface area contributed by atoms with E-state index in [2.05, 4.69) is 15.6 Å². The number of rotatable bonds is 7. The maximum absolute atomic E-state index is 12.5. The Morgan fingerprint density at radius 1 is 0.931 bits per heavy atom. The fraction of sp³-hybridized carbons (Fsp3) is 0.227. The van der Waals surface area contributed by atoms with Crippen molar-refractivity contribution in [3.05, 3.63) is 69.7 Å². The van der Waals surface area contributed by atoms with Crippen LogP contribution < -0.4 is 15.4 Å². The van der Waals surface area contributed by atoms with Crippen LogP contribution in [0.25, 0.3) is 0 Å². The molecule has 0 radical (unpaired) electrons. The van der Waals surface area contributed by atoms with Gasteiger partial charge in [-0.15, -0.1) is 11.3 Å². The van der Waals surface area contributed by atoms with Crippen LogP contribution in [0.4, 0.5) is 11.4 Å². The molecule has 0 atom stereocenters. The number of hydrogen-bond donors (Lipinski definition) is 2. The van der Waals surface area contributed by atoms with E-state index in [0.717, 1.165) is 22.9 Å². The largest absolute Gasteiger partial charge is 0.494 e. The maximum Gasteiger partial charge on any atom is 0.267 e. The van der Waals surface area contributed by atoms with E-state index in [-0.39, 0.29) is 11.8 Å². The molecule has 0 spiro atoms. The second-order valence-electron chi connectivity index (χ2n) is 6.32. The normalized spacial score (nSPS) is 10.4. The van der Waals surface area contributed by atoms with Crippen molar-refractivity contribution in [2.75, 3.05) is 17.2 Å². The molecular formula is C22H23N3O3S. The molecule has 6 nitrogen and oxygen atoms in total. The van der Waals surface area contributed by atoms with Crippen molar-refractivity contribution in [3.63, 3.8) is 0 Å². The molecule has 0 aliphatic rings. The molecule has 0 aliphatic carbocycles. The Balaban J connectivity index is 1.62. The molecule has 2 amide bonds. The zero-order valence-electron chi connectivity index (χ0n) is 16.6. The second kappa shape index (κ2) is 9.34. The van der Waals surface area contributed by atoms with Gasteiger partial charge < -0.3 is 15.4 Å². The van der Waals surface area contributed by atoms with Gasteiger partial charge in [-0.3, -0.25) is 9.59 Å². The van der Waals surface area contributed by atoms with Gasteiger partial charge in [0.05, 0.1) is 17.3 Å². The molecular weight excluding hydrogens is 386 g/mol. The number of nitrogens with zero attached hydrogens (tertiary/aromatic N) is 1. The summed E-state index contributed by atoms with van der Waals surface area (Å²) in [5.41, 5.74) is 2.54. The molecule has 2 aromatic carbocycles. The third-order valence-corrected chi connectivity index (χ3v) is 5.48. The highest BCUT2D eigenvalue weighted by molar-refractivity contribution is 7.13. The molecule has 1 heterocycles. The van der Waals surface area contributed by atoms with Crippen LogP contribution in [0.5, 0.6) is 5.75 Å². The van der Waals surface area contributed by atoms with Crippen molar-refractivity contribution in [1.82, 2.24) is 4.98 Å². The molecule has 0 aliphatic heterocycles. The molecule has 3 aromatic rings. The Labute approximate surface area is 173 Å². The van der Waals surface area contributed by atoms with Gasteiger partial charge in [-0.05, 0) is 68.8 Å². The van der Waals surface area contributed by atoms with Crippen LogP contribution in [-0.4, -0.2) is 23.4 Å². The minimum atomic E-state index is -0.224. The van der Waals surface area contributed by atoms with E-state index in [1.165, 1.54) is 11.3 Å². The van der Waals surface area contributed by atoms with E-state index >= 15 is 0 Å². The van der Waals surface area contributed by atoms with E-state index in [1.807, 2.05) is 32.9 Å². The fourth-order valence-corrected chi connectivity index (χ4v) is 3.61. The predicted molar refractivity (Wildman–Crippen MR) is 116 cm³/mol. The molecule has 29 heavy (non-hydrogen) atoms. The number of amides is 2. The van der Waals surface area contributed by atoms with Crippen molar-refractivity contribution in [1.29, 1.82) is 0 Å². The number of ether oxygens (including phenoxy) is 1. The Kier molecular flexibility index (Phi) is 6.61. The molecule has 0 saturated heterocycles. The van der Waals surface area contributed by atoms with E-state index in [4.69, 9.17) is 4.74 Å². The van der Waals surface area contributed by atoms with Crippen LogP contribution in [0.2, 0.25) is 0 Å². The first-order chi connectivity index (χ1) is 14.0. The van der Waals surface area contributed by atoms with Crippen molar-refractivity contribution in [3.8, 4) is 5.75 Å². The zero-order chi connectivity index (χ0) is 20.8. The minimum Gasteiger partial charge on any atom is -0.494 e. The first-order valence-electron chi connectivity index (χ1n) is 9.42. The van der Waals surface area contributed by atoms with Gasteiger partial charge in [0.1, 0.15) is 10.6 Å². The molecule has 150 valence electrons.